The second kappa shape index (κ2) is 5.42. The van der Waals surface area contributed by atoms with Crippen molar-refractivity contribution in [3.63, 3.8) is 0 Å². The first-order valence-corrected chi connectivity index (χ1v) is 4.96. The van der Waals surface area contributed by atoms with E-state index in [2.05, 4.69) is 0 Å². The molecule has 0 radical (unpaired) electrons. The van der Waals surface area contributed by atoms with E-state index in [9.17, 15) is 18.3 Å². The Morgan fingerprint density at radius 3 is 2.76 bits per heavy atom. The normalized spacial score (nSPS) is 22.4. The Morgan fingerprint density at radius 2 is 2.24 bits per heavy atom. The highest BCUT2D eigenvalue weighted by molar-refractivity contribution is 5.22. The highest BCUT2D eigenvalue weighted by Crippen LogP contribution is 2.25. The Bertz CT molecular complexity index is 325. The van der Waals surface area contributed by atoms with Gasteiger partial charge in [-0.3, -0.25) is 0 Å². The van der Waals surface area contributed by atoms with Crippen LogP contribution in [0.3, 0.4) is 0 Å². The molecule has 0 saturated carbocycles. The number of allylic oxidation sites excluding steroid dienone is 1. The molecule has 0 fully saturated rings. The van der Waals surface area contributed by atoms with Crippen LogP contribution in [0.4, 0.5) is 13.2 Å². The number of halogens is 3. The van der Waals surface area contributed by atoms with Gasteiger partial charge in [0, 0.05) is 18.6 Å². The van der Waals surface area contributed by atoms with Crippen LogP contribution >= 0.6 is 0 Å². The molecule has 0 saturated heterocycles. The average Bonchev–Trinajstić information content (AvgIpc) is 2.23. The fraction of sp³-hybridized carbons (Fsp3) is 0.600. The Hall–Kier alpha value is -1.21. The first kappa shape index (κ1) is 13.9. The molecule has 3 N–H and O–H groups in total. The van der Waals surface area contributed by atoms with Crippen molar-refractivity contribution in [2.45, 2.75) is 31.3 Å². The van der Waals surface area contributed by atoms with Crippen molar-refractivity contribution in [3.05, 3.63) is 23.7 Å². The molecule has 4 nitrogen and oxygen atoms in total. The highest BCUT2D eigenvalue weighted by atomic mass is 19.4. The van der Waals surface area contributed by atoms with Crippen LogP contribution in [0, 0.1) is 0 Å². The van der Waals surface area contributed by atoms with Crippen LogP contribution in [0.1, 0.15) is 12.8 Å². The van der Waals surface area contributed by atoms with E-state index in [0.29, 0.717) is 5.76 Å². The standard InChI is InChI=1S/C10H14F3NO3/c1-16-6-4-8(17-9(15)5-6)7(14)2-3-10(11,12)13/h4-5,7,9,15H,2-3,14H2,1H3/t7-,9?/m1/s1. The molecular weight excluding hydrogens is 239 g/mol. The molecule has 1 aliphatic heterocycles. The number of aliphatic hydroxyl groups is 1. The highest BCUT2D eigenvalue weighted by Gasteiger charge is 2.29. The number of methoxy groups -OCH3 is 1. The minimum Gasteiger partial charge on any atom is -0.497 e. The van der Waals surface area contributed by atoms with Crippen molar-refractivity contribution in [3.8, 4) is 0 Å². The van der Waals surface area contributed by atoms with Crippen molar-refractivity contribution < 1.29 is 27.8 Å². The number of alkyl halides is 3. The zero-order valence-electron chi connectivity index (χ0n) is 9.20. The lowest BCUT2D eigenvalue weighted by Gasteiger charge is -2.23. The summed E-state index contributed by atoms with van der Waals surface area (Å²) in [7, 11) is 1.37. The minimum absolute atomic E-state index is 0.0844. The molecule has 7 heteroatoms. The summed E-state index contributed by atoms with van der Waals surface area (Å²) < 4.78 is 45.8. The summed E-state index contributed by atoms with van der Waals surface area (Å²) in [6, 6.07) is -0.926. The van der Waals surface area contributed by atoms with E-state index in [0.717, 1.165) is 0 Å². The SMILES string of the molecule is COC1=CC(O)OC([C@H](N)CCC(F)(F)F)=C1. The van der Waals surface area contributed by atoms with Crippen molar-refractivity contribution >= 4 is 0 Å². The number of ether oxygens (including phenoxy) is 2. The molecule has 1 unspecified atom stereocenters. The van der Waals surface area contributed by atoms with Crippen LogP contribution in [0.2, 0.25) is 0 Å². The predicted molar refractivity (Wildman–Crippen MR) is 53.5 cm³/mol. The molecule has 0 aromatic carbocycles. The van der Waals surface area contributed by atoms with E-state index in [1.54, 1.807) is 0 Å². The molecule has 0 aliphatic carbocycles. The molecule has 0 spiro atoms. The lowest BCUT2D eigenvalue weighted by Crippen LogP contribution is -2.30. The Balaban J connectivity index is 2.60. The van der Waals surface area contributed by atoms with Crippen molar-refractivity contribution in [1.82, 2.24) is 0 Å². The summed E-state index contributed by atoms with van der Waals surface area (Å²) in [5.74, 6) is 0.391. The fourth-order valence-electron chi connectivity index (χ4n) is 1.32. The zero-order chi connectivity index (χ0) is 13.1. The fourth-order valence-corrected chi connectivity index (χ4v) is 1.32. The molecule has 0 aromatic rings. The van der Waals surface area contributed by atoms with Gasteiger partial charge in [-0.25, -0.2) is 0 Å². The average molecular weight is 253 g/mol. The summed E-state index contributed by atoms with van der Waals surface area (Å²) in [5.41, 5.74) is 5.55. The topological polar surface area (TPSA) is 64.7 Å². The van der Waals surface area contributed by atoms with Gasteiger partial charge >= 0.3 is 6.18 Å². The number of rotatable bonds is 4. The first-order chi connectivity index (χ1) is 7.81. The lowest BCUT2D eigenvalue weighted by atomic mass is 10.1. The van der Waals surface area contributed by atoms with Crippen molar-refractivity contribution in [2.75, 3.05) is 7.11 Å². The first-order valence-electron chi connectivity index (χ1n) is 4.96. The van der Waals surface area contributed by atoms with Crippen LogP contribution in [-0.4, -0.2) is 30.7 Å². The zero-order valence-corrected chi connectivity index (χ0v) is 9.20. The molecule has 2 atom stereocenters. The molecule has 1 heterocycles. The minimum atomic E-state index is -4.26. The van der Waals surface area contributed by atoms with E-state index in [1.807, 2.05) is 0 Å². The van der Waals surface area contributed by atoms with Gasteiger partial charge in [-0.1, -0.05) is 0 Å². The van der Waals surface area contributed by atoms with Crippen LogP contribution < -0.4 is 5.73 Å². The van der Waals surface area contributed by atoms with Gasteiger partial charge in [0.1, 0.15) is 11.5 Å². The van der Waals surface area contributed by atoms with E-state index in [-0.39, 0.29) is 12.2 Å². The number of nitrogens with two attached hydrogens (primary N) is 1. The van der Waals surface area contributed by atoms with E-state index in [1.165, 1.54) is 19.3 Å². The van der Waals surface area contributed by atoms with Gasteiger partial charge in [0.25, 0.3) is 0 Å². The summed E-state index contributed by atoms with van der Waals surface area (Å²) in [4.78, 5) is 0. The van der Waals surface area contributed by atoms with E-state index >= 15 is 0 Å². The maximum absolute atomic E-state index is 12.0. The smallest absolute Gasteiger partial charge is 0.389 e. The third-order valence-corrected chi connectivity index (χ3v) is 2.19. The quantitative estimate of drug-likeness (QED) is 0.795. The van der Waals surface area contributed by atoms with Gasteiger partial charge < -0.3 is 20.3 Å². The summed E-state index contributed by atoms with van der Waals surface area (Å²) in [6.07, 6.45) is -4.17. The van der Waals surface area contributed by atoms with Gasteiger partial charge in [-0.2, -0.15) is 13.2 Å². The van der Waals surface area contributed by atoms with Gasteiger partial charge in [-0.15, -0.1) is 0 Å². The molecule has 98 valence electrons. The van der Waals surface area contributed by atoms with Gasteiger partial charge in [-0.05, 0) is 6.42 Å². The molecular formula is C10H14F3NO3. The van der Waals surface area contributed by atoms with Crippen LogP contribution in [0.5, 0.6) is 0 Å². The molecule has 17 heavy (non-hydrogen) atoms. The summed E-state index contributed by atoms with van der Waals surface area (Å²) >= 11 is 0. The monoisotopic (exact) mass is 253 g/mol. The number of hydrogen-bond acceptors (Lipinski definition) is 4. The number of aliphatic hydroxyl groups excluding tert-OH is 1. The van der Waals surface area contributed by atoms with Crippen LogP contribution in [0.25, 0.3) is 0 Å². The predicted octanol–water partition coefficient (Wildman–Crippen LogP) is 1.42. The largest absolute Gasteiger partial charge is 0.497 e. The van der Waals surface area contributed by atoms with E-state index < -0.39 is 24.9 Å². The van der Waals surface area contributed by atoms with Gasteiger partial charge in [0.05, 0.1) is 13.2 Å². The maximum Gasteiger partial charge on any atom is 0.389 e. The Morgan fingerprint density at radius 1 is 1.59 bits per heavy atom. The van der Waals surface area contributed by atoms with Crippen LogP contribution in [-0.2, 0) is 9.47 Å². The second-order valence-electron chi connectivity index (χ2n) is 3.59. The molecule has 0 bridgehead atoms. The van der Waals surface area contributed by atoms with Gasteiger partial charge in [0.15, 0.2) is 0 Å². The second-order valence-corrected chi connectivity index (χ2v) is 3.59. The van der Waals surface area contributed by atoms with Crippen molar-refractivity contribution in [2.24, 2.45) is 5.73 Å². The van der Waals surface area contributed by atoms with Crippen molar-refractivity contribution in [1.29, 1.82) is 0 Å². The third kappa shape index (κ3) is 4.66. The molecule has 0 aromatic heterocycles. The number of hydrogen-bond donors (Lipinski definition) is 2. The molecule has 1 rings (SSSR count). The third-order valence-electron chi connectivity index (χ3n) is 2.19. The van der Waals surface area contributed by atoms with E-state index in [4.69, 9.17) is 15.2 Å². The molecule has 1 aliphatic rings. The maximum atomic E-state index is 12.0. The summed E-state index contributed by atoms with van der Waals surface area (Å²) in [5, 5.41) is 9.26. The van der Waals surface area contributed by atoms with Crippen LogP contribution in [0.15, 0.2) is 23.7 Å². The molecule has 0 amide bonds. The summed E-state index contributed by atoms with van der Waals surface area (Å²) in [6.45, 7) is 0. The Labute approximate surface area is 96.5 Å². The Kier molecular flexibility index (Phi) is 4.41. The van der Waals surface area contributed by atoms with Gasteiger partial charge in [0.2, 0.25) is 6.29 Å². The lowest BCUT2D eigenvalue weighted by molar-refractivity contribution is -0.136.